The van der Waals surface area contributed by atoms with Crippen LogP contribution in [-0.2, 0) is 12.1 Å². The van der Waals surface area contributed by atoms with Gasteiger partial charge in [-0.05, 0) is 43.7 Å². The first-order valence-corrected chi connectivity index (χ1v) is 7.33. The summed E-state index contributed by atoms with van der Waals surface area (Å²) in [7, 11) is 1.62. The summed E-state index contributed by atoms with van der Waals surface area (Å²) >= 11 is 0. The maximum Gasteiger partial charge on any atom is 0.161 e. The molecule has 5 heteroatoms. The van der Waals surface area contributed by atoms with Gasteiger partial charge in [0.25, 0.3) is 0 Å². The number of ether oxygens (including phenoxy) is 2. The van der Waals surface area contributed by atoms with E-state index in [1.807, 2.05) is 25.1 Å². The lowest BCUT2D eigenvalue weighted by molar-refractivity contribution is 0.0340. The molecule has 5 nitrogen and oxygen atoms in total. The van der Waals surface area contributed by atoms with Gasteiger partial charge in [0.1, 0.15) is 11.4 Å². The minimum Gasteiger partial charge on any atom is -0.493 e. The Labute approximate surface area is 130 Å². The zero-order valence-electron chi connectivity index (χ0n) is 13.3. The molecule has 1 unspecified atom stereocenters. The van der Waals surface area contributed by atoms with E-state index < -0.39 is 5.60 Å². The van der Waals surface area contributed by atoms with Crippen LogP contribution in [0.1, 0.15) is 25.2 Å². The van der Waals surface area contributed by atoms with E-state index in [9.17, 15) is 5.11 Å². The third-order valence-corrected chi connectivity index (χ3v) is 3.38. The van der Waals surface area contributed by atoms with Crippen LogP contribution in [0.5, 0.6) is 11.5 Å². The number of benzene rings is 1. The molecule has 0 bridgehead atoms. The minimum atomic E-state index is -1.04. The van der Waals surface area contributed by atoms with E-state index in [0.717, 1.165) is 11.3 Å². The van der Waals surface area contributed by atoms with E-state index in [-0.39, 0.29) is 0 Å². The lowest BCUT2D eigenvalue weighted by Crippen LogP contribution is -2.34. The van der Waals surface area contributed by atoms with Gasteiger partial charge in [-0.15, -0.1) is 0 Å². The summed E-state index contributed by atoms with van der Waals surface area (Å²) in [5.41, 5.74) is 0.00862. The van der Waals surface area contributed by atoms with Crippen LogP contribution in [-0.4, -0.2) is 25.4 Å². The van der Waals surface area contributed by atoms with E-state index in [4.69, 9.17) is 13.9 Å². The molecule has 0 amide bonds. The summed E-state index contributed by atoms with van der Waals surface area (Å²) < 4.78 is 16.1. The predicted octanol–water partition coefficient (Wildman–Crippen LogP) is 2.68. The van der Waals surface area contributed by atoms with Crippen molar-refractivity contribution in [2.75, 3.05) is 20.3 Å². The fourth-order valence-corrected chi connectivity index (χ4v) is 2.22. The van der Waals surface area contributed by atoms with E-state index in [1.54, 1.807) is 32.4 Å². The van der Waals surface area contributed by atoms with Crippen molar-refractivity contribution in [3.05, 3.63) is 47.9 Å². The van der Waals surface area contributed by atoms with Crippen LogP contribution < -0.4 is 14.8 Å². The van der Waals surface area contributed by atoms with Gasteiger partial charge in [0, 0.05) is 13.1 Å². The van der Waals surface area contributed by atoms with Gasteiger partial charge in [0.05, 0.1) is 20.0 Å². The van der Waals surface area contributed by atoms with Crippen molar-refractivity contribution in [3.8, 4) is 11.5 Å². The van der Waals surface area contributed by atoms with Crippen molar-refractivity contribution >= 4 is 0 Å². The van der Waals surface area contributed by atoms with Gasteiger partial charge in [-0.1, -0.05) is 6.07 Å². The SMILES string of the molecule is CCOc1ccc(CNCC(C)(O)c2ccco2)cc1OC. The highest BCUT2D eigenvalue weighted by molar-refractivity contribution is 5.42. The first kappa shape index (κ1) is 16.4. The van der Waals surface area contributed by atoms with Crippen molar-refractivity contribution in [1.29, 1.82) is 0 Å². The van der Waals surface area contributed by atoms with Crippen LogP contribution in [0, 0.1) is 0 Å². The van der Waals surface area contributed by atoms with Gasteiger partial charge in [0.2, 0.25) is 0 Å². The Kier molecular flexibility index (Phi) is 5.46. The van der Waals surface area contributed by atoms with Crippen LogP contribution in [0.25, 0.3) is 0 Å². The highest BCUT2D eigenvalue weighted by Crippen LogP contribution is 2.28. The summed E-state index contributed by atoms with van der Waals surface area (Å²) in [5, 5.41) is 13.6. The van der Waals surface area contributed by atoms with Crippen LogP contribution >= 0.6 is 0 Å². The summed E-state index contributed by atoms with van der Waals surface area (Å²) in [4.78, 5) is 0. The van der Waals surface area contributed by atoms with Gasteiger partial charge >= 0.3 is 0 Å². The van der Waals surface area contributed by atoms with Gasteiger partial charge < -0.3 is 24.3 Å². The first-order chi connectivity index (χ1) is 10.6. The van der Waals surface area contributed by atoms with Crippen molar-refractivity contribution in [2.24, 2.45) is 0 Å². The molecule has 0 fully saturated rings. The monoisotopic (exact) mass is 305 g/mol. The quantitative estimate of drug-likeness (QED) is 0.785. The zero-order valence-corrected chi connectivity index (χ0v) is 13.3. The van der Waals surface area contributed by atoms with Gasteiger partial charge in [-0.2, -0.15) is 0 Å². The topological polar surface area (TPSA) is 63.9 Å². The lowest BCUT2D eigenvalue weighted by Gasteiger charge is -2.21. The van der Waals surface area contributed by atoms with Crippen LogP contribution in [0.3, 0.4) is 0 Å². The van der Waals surface area contributed by atoms with Crippen molar-refractivity contribution < 1.29 is 19.0 Å². The predicted molar refractivity (Wildman–Crippen MR) is 84.1 cm³/mol. The van der Waals surface area contributed by atoms with E-state index in [1.165, 1.54) is 0 Å². The molecule has 120 valence electrons. The molecule has 0 saturated heterocycles. The normalized spacial score (nSPS) is 13.6. The molecular formula is C17H23NO4. The van der Waals surface area contributed by atoms with Crippen molar-refractivity contribution in [3.63, 3.8) is 0 Å². The van der Waals surface area contributed by atoms with Crippen LogP contribution in [0.2, 0.25) is 0 Å². The molecule has 0 aliphatic rings. The summed E-state index contributed by atoms with van der Waals surface area (Å²) in [6, 6.07) is 9.33. The number of nitrogens with one attached hydrogen (secondary N) is 1. The van der Waals surface area contributed by atoms with E-state index in [0.29, 0.717) is 31.2 Å². The Morgan fingerprint density at radius 1 is 1.27 bits per heavy atom. The molecule has 1 heterocycles. The smallest absolute Gasteiger partial charge is 0.161 e. The Morgan fingerprint density at radius 2 is 2.09 bits per heavy atom. The summed E-state index contributed by atoms with van der Waals surface area (Å²) in [6.07, 6.45) is 1.56. The molecular weight excluding hydrogens is 282 g/mol. The van der Waals surface area contributed by atoms with E-state index >= 15 is 0 Å². The number of furan rings is 1. The Hall–Kier alpha value is -1.98. The van der Waals surface area contributed by atoms with E-state index in [2.05, 4.69) is 5.32 Å². The Morgan fingerprint density at radius 3 is 2.73 bits per heavy atom. The fraction of sp³-hybridized carbons (Fsp3) is 0.412. The minimum absolute atomic E-state index is 0.385. The fourth-order valence-electron chi connectivity index (χ4n) is 2.22. The largest absolute Gasteiger partial charge is 0.493 e. The summed E-state index contributed by atoms with van der Waals surface area (Å²) in [6.45, 7) is 5.25. The van der Waals surface area contributed by atoms with Gasteiger partial charge in [0.15, 0.2) is 11.5 Å². The standard InChI is InChI=1S/C17H23NO4/c1-4-21-14-8-7-13(10-15(14)20-3)11-18-12-17(2,19)16-6-5-9-22-16/h5-10,18-19H,4,11-12H2,1-3H3. The molecule has 2 rings (SSSR count). The molecule has 1 aromatic heterocycles. The molecule has 2 N–H and O–H groups in total. The molecule has 1 atom stereocenters. The number of hydrogen-bond acceptors (Lipinski definition) is 5. The maximum atomic E-state index is 10.4. The Bertz CT molecular complexity index is 578. The molecule has 0 spiro atoms. The zero-order chi connectivity index (χ0) is 16.0. The van der Waals surface area contributed by atoms with Gasteiger partial charge in [-0.25, -0.2) is 0 Å². The Balaban J connectivity index is 1.94. The summed E-state index contributed by atoms with van der Waals surface area (Å²) in [5.74, 6) is 1.99. The highest BCUT2D eigenvalue weighted by atomic mass is 16.5. The van der Waals surface area contributed by atoms with Crippen molar-refractivity contribution in [1.82, 2.24) is 5.32 Å². The second kappa shape index (κ2) is 7.33. The average Bonchev–Trinajstić information content (AvgIpc) is 3.04. The molecule has 1 aromatic carbocycles. The third kappa shape index (κ3) is 4.02. The maximum absolute atomic E-state index is 10.4. The van der Waals surface area contributed by atoms with Crippen LogP contribution in [0.4, 0.5) is 0 Å². The second-order valence-corrected chi connectivity index (χ2v) is 5.27. The van der Waals surface area contributed by atoms with Crippen LogP contribution in [0.15, 0.2) is 41.0 Å². The number of aliphatic hydroxyl groups is 1. The molecule has 22 heavy (non-hydrogen) atoms. The lowest BCUT2D eigenvalue weighted by atomic mass is 10.0. The first-order valence-electron chi connectivity index (χ1n) is 7.33. The molecule has 0 saturated carbocycles. The highest BCUT2D eigenvalue weighted by Gasteiger charge is 2.25. The second-order valence-electron chi connectivity index (χ2n) is 5.27. The molecule has 0 aliphatic carbocycles. The number of methoxy groups -OCH3 is 1. The molecule has 2 aromatic rings. The van der Waals surface area contributed by atoms with Crippen molar-refractivity contribution in [2.45, 2.75) is 26.0 Å². The van der Waals surface area contributed by atoms with Gasteiger partial charge in [-0.3, -0.25) is 0 Å². The average molecular weight is 305 g/mol. The molecule has 0 radical (unpaired) electrons. The number of rotatable bonds is 8. The molecule has 0 aliphatic heterocycles. The third-order valence-electron chi connectivity index (χ3n) is 3.38. The number of hydrogen-bond donors (Lipinski definition) is 2.